The van der Waals surface area contributed by atoms with Gasteiger partial charge in [0.25, 0.3) is 0 Å². The van der Waals surface area contributed by atoms with E-state index in [0.717, 1.165) is 10.9 Å². The van der Waals surface area contributed by atoms with E-state index in [9.17, 15) is 17.6 Å². The maximum absolute atomic E-state index is 13.8. The number of hydrogen-bond acceptors (Lipinski definition) is 4. The molecule has 1 aliphatic heterocycles. The minimum absolute atomic E-state index is 0.148. The number of halogens is 1. The summed E-state index contributed by atoms with van der Waals surface area (Å²) in [5.74, 6) is -0.920. The molecule has 0 bridgehead atoms. The summed E-state index contributed by atoms with van der Waals surface area (Å²) in [7, 11) is -3.89. The molecule has 2 aromatic rings. The highest BCUT2D eigenvalue weighted by molar-refractivity contribution is 7.89. The smallest absolute Gasteiger partial charge is 0.246 e. The molecule has 1 aliphatic rings. The molecule has 3 rings (SSSR count). The van der Waals surface area contributed by atoms with Gasteiger partial charge in [0, 0.05) is 37.1 Å². The summed E-state index contributed by atoms with van der Waals surface area (Å²) in [6, 6.07) is 9.14. The van der Waals surface area contributed by atoms with E-state index < -0.39 is 15.8 Å². The number of nitrogens with zero attached hydrogens (tertiary/aromatic N) is 2. The first-order chi connectivity index (χ1) is 12.0. The minimum Gasteiger partial charge on any atom is -0.337 e. The standard InChI is InChI=1S/C17H17FN2O3S2/c18-15-5-1-2-6-16(15)25(22,23)20-11-9-19(10-12-20)17(21)8-7-14-4-3-13-24-14/h1-8,13H,9-12H2/b8-7+. The second kappa shape index (κ2) is 7.47. The van der Waals surface area contributed by atoms with Gasteiger partial charge in [-0.2, -0.15) is 4.31 Å². The van der Waals surface area contributed by atoms with E-state index in [1.807, 2.05) is 17.5 Å². The summed E-state index contributed by atoms with van der Waals surface area (Å²) in [4.78, 5) is 14.4. The second-order valence-electron chi connectivity index (χ2n) is 5.51. The molecule has 1 aromatic heterocycles. The minimum atomic E-state index is -3.89. The van der Waals surface area contributed by atoms with E-state index in [0.29, 0.717) is 0 Å². The average Bonchev–Trinajstić information content (AvgIpc) is 3.13. The van der Waals surface area contributed by atoms with Crippen molar-refractivity contribution < 1.29 is 17.6 Å². The average molecular weight is 380 g/mol. The van der Waals surface area contributed by atoms with Crippen molar-refractivity contribution in [3.05, 3.63) is 58.5 Å². The van der Waals surface area contributed by atoms with Crippen LogP contribution in [-0.4, -0.2) is 49.7 Å². The van der Waals surface area contributed by atoms with E-state index in [1.54, 1.807) is 11.0 Å². The van der Waals surface area contributed by atoms with E-state index >= 15 is 0 Å². The normalized spacial score (nSPS) is 16.4. The van der Waals surface area contributed by atoms with E-state index in [4.69, 9.17) is 0 Å². The molecule has 2 heterocycles. The molecule has 5 nitrogen and oxygen atoms in total. The van der Waals surface area contributed by atoms with E-state index in [1.165, 1.54) is 39.9 Å². The highest BCUT2D eigenvalue weighted by Gasteiger charge is 2.31. The van der Waals surface area contributed by atoms with Crippen molar-refractivity contribution in [1.82, 2.24) is 9.21 Å². The maximum Gasteiger partial charge on any atom is 0.246 e. The van der Waals surface area contributed by atoms with Gasteiger partial charge in [0.05, 0.1) is 0 Å². The Bertz CT molecular complexity index is 871. The van der Waals surface area contributed by atoms with Gasteiger partial charge in [0.15, 0.2) is 0 Å². The van der Waals surface area contributed by atoms with Crippen LogP contribution in [0.5, 0.6) is 0 Å². The van der Waals surface area contributed by atoms with Gasteiger partial charge < -0.3 is 4.90 Å². The summed E-state index contributed by atoms with van der Waals surface area (Å²) >= 11 is 1.53. The monoisotopic (exact) mass is 380 g/mol. The summed E-state index contributed by atoms with van der Waals surface area (Å²) in [5.41, 5.74) is 0. The zero-order chi connectivity index (χ0) is 17.9. The van der Waals surface area contributed by atoms with Crippen LogP contribution in [0.15, 0.2) is 52.7 Å². The van der Waals surface area contributed by atoms with Crippen LogP contribution >= 0.6 is 11.3 Å². The van der Waals surface area contributed by atoms with Crippen LogP contribution < -0.4 is 0 Å². The van der Waals surface area contributed by atoms with Gasteiger partial charge in [-0.3, -0.25) is 4.79 Å². The maximum atomic E-state index is 13.8. The summed E-state index contributed by atoms with van der Waals surface area (Å²) < 4.78 is 40.1. The SMILES string of the molecule is O=C(/C=C/c1cccs1)N1CCN(S(=O)(=O)c2ccccc2F)CC1. The highest BCUT2D eigenvalue weighted by Crippen LogP contribution is 2.20. The van der Waals surface area contributed by atoms with Crippen molar-refractivity contribution in [1.29, 1.82) is 0 Å². The first-order valence-electron chi connectivity index (χ1n) is 7.73. The lowest BCUT2D eigenvalue weighted by atomic mass is 10.3. The van der Waals surface area contributed by atoms with Gasteiger partial charge in [0.1, 0.15) is 10.7 Å². The van der Waals surface area contributed by atoms with Gasteiger partial charge in [-0.25, -0.2) is 12.8 Å². The number of sulfonamides is 1. The molecule has 0 spiro atoms. The van der Waals surface area contributed by atoms with Crippen LogP contribution in [0.4, 0.5) is 4.39 Å². The van der Waals surface area contributed by atoms with Crippen LogP contribution in [-0.2, 0) is 14.8 Å². The van der Waals surface area contributed by atoms with Gasteiger partial charge >= 0.3 is 0 Å². The fourth-order valence-electron chi connectivity index (χ4n) is 2.59. The molecule has 1 amide bonds. The number of carbonyl (C=O) groups excluding carboxylic acids is 1. The molecule has 0 radical (unpaired) electrons. The fourth-order valence-corrected chi connectivity index (χ4v) is 4.69. The highest BCUT2D eigenvalue weighted by atomic mass is 32.2. The zero-order valence-corrected chi connectivity index (χ0v) is 15.0. The van der Waals surface area contributed by atoms with Crippen molar-refractivity contribution in [2.24, 2.45) is 0 Å². The number of rotatable bonds is 4. The van der Waals surface area contributed by atoms with Crippen molar-refractivity contribution in [2.45, 2.75) is 4.90 Å². The molecule has 1 aromatic carbocycles. The molecular weight excluding hydrogens is 363 g/mol. The Morgan fingerprint density at radius 2 is 1.80 bits per heavy atom. The molecule has 1 saturated heterocycles. The largest absolute Gasteiger partial charge is 0.337 e. The summed E-state index contributed by atoms with van der Waals surface area (Å²) in [6.07, 6.45) is 3.24. The molecule has 0 aliphatic carbocycles. The third-order valence-corrected chi connectivity index (χ3v) is 6.71. The predicted octanol–water partition coefficient (Wildman–Crippen LogP) is 2.43. The predicted molar refractivity (Wildman–Crippen MR) is 95.1 cm³/mol. The van der Waals surface area contributed by atoms with Crippen LogP contribution in [0.25, 0.3) is 6.08 Å². The van der Waals surface area contributed by atoms with Gasteiger partial charge in [-0.05, 0) is 29.7 Å². The molecule has 0 atom stereocenters. The molecule has 132 valence electrons. The van der Waals surface area contributed by atoms with Gasteiger partial charge in [-0.15, -0.1) is 11.3 Å². The summed E-state index contributed by atoms with van der Waals surface area (Å²) in [6.45, 7) is 0.854. The van der Waals surface area contributed by atoms with Crippen LogP contribution in [0, 0.1) is 5.82 Å². The third kappa shape index (κ3) is 3.97. The zero-order valence-electron chi connectivity index (χ0n) is 13.3. The number of carbonyl (C=O) groups is 1. The Balaban J connectivity index is 1.63. The number of amides is 1. The van der Waals surface area contributed by atoms with Crippen molar-refractivity contribution >= 4 is 33.3 Å². The Morgan fingerprint density at radius 1 is 1.08 bits per heavy atom. The molecule has 0 N–H and O–H groups in total. The van der Waals surface area contributed by atoms with Crippen LogP contribution in [0.1, 0.15) is 4.88 Å². The first kappa shape index (κ1) is 17.8. The molecule has 0 unspecified atom stereocenters. The lowest BCUT2D eigenvalue weighted by Gasteiger charge is -2.33. The Labute approximate surface area is 150 Å². The molecule has 1 fully saturated rings. The summed E-state index contributed by atoms with van der Waals surface area (Å²) in [5, 5.41) is 1.93. The lowest BCUT2D eigenvalue weighted by molar-refractivity contribution is -0.127. The van der Waals surface area contributed by atoms with E-state index in [-0.39, 0.29) is 37.0 Å². The molecule has 8 heteroatoms. The fraction of sp³-hybridized carbons (Fsp3) is 0.235. The molecular formula is C17H17FN2O3S2. The molecule has 0 saturated carbocycles. The van der Waals surface area contributed by atoms with Gasteiger partial charge in [-0.1, -0.05) is 18.2 Å². The van der Waals surface area contributed by atoms with Crippen molar-refractivity contribution in [3.63, 3.8) is 0 Å². The number of benzene rings is 1. The van der Waals surface area contributed by atoms with Crippen molar-refractivity contribution in [2.75, 3.05) is 26.2 Å². The number of piperazine rings is 1. The number of thiophene rings is 1. The Kier molecular flexibility index (Phi) is 5.31. The van der Waals surface area contributed by atoms with Crippen LogP contribution in [0.3, 0.4) is 0 Å². The Morgan fingerprint density at radius 3 is 2.44 bits per heavy atom. The number of hydrogen-bond donors (Lipinski definition) is 0. The van der Waals surface area contributed by atoms with Crippen molar-refractivity contribution in [3.8, 4) is 0 Å². The second-order valence-corrected chi connectivity index (χ2v) is 8.39. The van der Waals surface area contributed by atoms with E-state index in [2.05, 4.69) is 0 Å². The lowest BCUT2D eigenvalue weighted by Crippen LogP contribution is -2.50. The third-order valence-electron chi connectivity index (χ3n) is 3.94. The topological polar surface area (TPSA) is 57.7 Å². The quantitative estimate of drug-likeness (QED) is 0.766. The van der Waals surface area contributed by atoms with Gasteiger partial charge in [0.2, 0.25) is 15.9 Å². The van der Waals surface area contributed by atoms with Crippen LogP contribution in [0.2, 0.25) is 0 Å². The molecule has 25 heavy (non-hydrogen) atoms. The Hall–Kier alpha value is -2.03. The first-order valence-corrected chi connectivity index (χ1v) is 10.1.